The van der Waals surface area contributed by atoms with Gasteiger partial charge in [0.2, 0.25) is 5.91 Å². The van der Waals surface area contributed by atoms with Gasteiger partial charge < -0.3 is 19.3 Å². The summed E-state index contributed by atoms with van der Waals surface area (Å²) in [4.78, 5) is 30.7. The number of hydrogen-bond acceptors (Lipinski definition) is 5. The van der Waals surface area contributed by atoms with Gasteiger partial charge in [0.05, 0.1) is 31.1 Å². The minimum Gasteiger partial charge on any atom is -0.496 e. The lowest BCUT2D eigenvalue weighted by Gasteiger charge is -2.31. The van der Waals surface area contributed by atoms with Gasteiger partial charge in [-0.25, -0.2) is 0 Å². The molecular formula is C21H24N2O4S. The molecule has 4 rings (SSSR count). The van der Waals surface area contributed by atoms with E-state index in [0.29, 0.717) is 44.3 Å². The third-order valence-electron chi connectivity index (χ3n) is 5.52. The molecule has 3 heterocycles. The molecule has 1 aromatic carbocycles. The maximum atomic E-state index is 13.3. The maximum Gasteiger partial charge on any atom is 0.263 e. The van der Waals surface area contributed by atoms with Gasteiger partial charge in [-0.15, -0.1) is 11.3 Å². The van der Waals surface area contributed by atoms with E-state index in [-0.39, 0.29) is 23.7 Å². The number of thiophene rings is 1. The molecule has 0 bridgehead atoms. The molecule has 2 saturated heterocycles. The normalized spacial score (nSPS) is 22.3. The Morgan fingerprint density at radius 3 is 2.57 bits per heavy atom. The van der Waals surface area contributed by atoms with Crippen molar-refractivity contribution in [2.45, 2.75) is 5.92 Å². The van der Waals surface area contributed by atoms with Crippen molar-refractivity contribution in [2.75, 3.05) is 46.5 Å². The Morgan fingerprint density at radius 2 is 1.86 bits per heavy atom. The van der Waals surface area contributed by atoms with E-state index >= 15 is 0 Å². The van der Waals surface area contributed by atoms with E-state index in [9.17, 15) is 9.59 Å². The highest BCUT2D eigenvalue weighted by Gasteiger charge is 2.43. The van der Waals surface area contributed by atoms with Crippen LogP contribution < -0.4 is 4.74 Å². The number of hydrogen-bond donors (Lipinski definition) is 0. The molecular weight excluding hydrogens is 376 g/mol. The minimum atomic E-state index is -0.279. The Bertz CT molecular complexity index is 833. The summed E-state index contributed by atoms with van der Waals surface area (Å²) < 4.78 is 10.9. The van der Waals surface area contributed by atoms with Crippen LogP contribution in [0.25, 0.3) is 0 Å². The van der Waals surface area contributed by atoms with Crippen molar-refractivity contribution in [2.24, 2.45) is 5.92 Å². The van der Waals surface area contributed by atoms with Crippen LogP contribution in [-0.4, -0.2) is 68.1 Å². The SMILES string of the molecule is COc1ccccc1[C@@H]1CN(C(=O)c2cccs2)C[C@@H]1C(=O)N1CCOCC1. The first kappa shape index (κ1) is 19.0. The summed E-state index contributed by atoms with van der Waals surface area (Å²) in [7, 11) is 1.64. The van der Waals surface area contributed by atoms with Crippen molar-refractivity contribution in [3.8, 4) is 5.75 Å². The van der Waals surface area contributed by atoms with Crippen LogP contribution in [0, 0.1) is 5.92 Å². The molecule has 0 aliphatic carbocycles. The van der Waals surface area contributed by atoms with Gasteiger partial charge in [-0.2, -0.15) is 0 Å². The summed E-state index contributed by atoms with van der Waals surface area (Å²) in [6.45, 7) is 3.28. The molecule has 0 spiro atoms. The zero-order valence-corrected chi connectivity index (χ0v) is 16.7. The Morgan fingerprint density at radius 1 is 1.07 bits per heavy atom. The van der Waals surface area contributed by atoms with Gasteiger partial charge in [-0.05, 0) is 23.1 Å². The number of rotatable bonds is 4. The van der Waals surface area contributed by atoms with Crippen LogP contribution in [0.2, 0.25) is 0 Å². The molecule has 6 nitrogen and oxygen atoms in total. The van der Waals surface area contributed by atoms with Crippen LogP contribution >= 0.6 is 11.3 Å². The Hall–Kier alpha value is -2.38. The standard InChI is InChI=1S/C21H24N2O4S/c1-26-18-6-3-2-5-15(18)16-13-23(21(25)19-7-4-12-28-19)14-17(16)20(24)22-8-10-27-11-9-22/h2-7,12,16-17H,8-11,13-14H2,1H3/t16-,17-/m0/s1. The molecule has 0 N–H and O–H groups in total. The van der Waals surface area contributed by atoms with Crippen LogP contribution in [0.15, 0.2) is 41.8 Å². The average molecular weight is 401 g/mol. The number of benzene rings is 1. The van der Waals surface area contributed by atoms with Crippen molar-refractivity contribution in [1.29, 1.82) is 0 Å². The molecule has 0 unspecified atom stereocenters. The Labute approximate surface area is 168 Å². The Balaban J connectivity index is 1.63. The number of carbonyl (C=O) groups is 2. The van der Waals surface area contributed by atoms with Gasteiger partial charge in [0.1, 0.15) is 5.75 Å². The highest BCUT2D eigenvalue weighted by molar-refractivity contribution is 7.12. The number of nitrogens with zero attached hydrogens (tertiary/aromatic N) is 2. The summed E-state index contributed by atoms with van der Waals surface area (Å²) in [5.41, 5.74) is 0.984. The molecule has 2 atom stereocenters. The lowest BCUT2D eigenvalue weighted by atomic mass is 9.87. The molecule has 7 heteroatoms. The van der Waals surface area contributed by atoms with Crippen LogP contribution in [0.1, 0.15) is 21.2 Å². The van der Waals surface area contributed by atoms with Gasteiger partial charge in [-0.3, -0.25) is 9.59 Å². The third kappa shape index (κ3) is 3.64. The first-order valence-electron chi connectivity index (χ1n) is 9.51. The highest BCUT2D eigenvalue weighted by atomic mass is 32.1. The van der Waals surface area contributed by atoms with E-state index in [2.05, 4.69) is 0 Å². The molecule has 0 saturated carbocycles. The molecule has 2 aliphatic rings. The first-order chi connectivity index (χ1) is 13.7. The molecule has 2 amide bonds. The van der Waals surface area contributed by atoms with Crippen molar-refractivity contribution >= 4 is 23.2 Å². The van der Waals surface area contributed by atoms with Gasteiger partial charge >= 0.3 is 0 Å². The van der Waals surface area contributed by atoms with Crippen LogP contribution in [0.3, 0.4) is 0 Å². The summed E-state index contributed by atoms with van der Waals surface area (Å²) in [6, 6.07) is 11.5. The second-order valence-corrected chi connectivity index (χ2v) is 8.03. The summed E-state index contributed by atoms with van der Waals surface area (Å²) in [6.07, 6.45) is 0. The van der Waals surface area contributed by atoms with E-state index in [1.165, 1.54) is 11.3 Å². The van der Waals surface area contributed by atoms with Gasteiger partial charge in [0.15, 0.2) is 0 Å². The molecule has 2 aromatic rings. The number of amides is 2. The van der Waals surface area contributed by atoms with Crippen molar-refractivity contribution < 1.29 is 19.1 Å². The average Bonchev–Trinajstić information content (AvgIpc) is 3.43. The third-order valence-corrected chi connectivity index (χ3v) is 6.38. The number of ether oxygens (including phenoxy) is 2. The smallest absolute Gasteiger partial charge is 0.263 e. The zero-order chi connectivity index (χ0) is 19.5. The zero-order valence-electron chi connectivity index (χ0n) is 15.9. The topological polar surface area (TPSA) is 59.1 Å². The summed E-state index contributed by atoms with van der Waals surface area (Å²) in [5, 5.41) is 1.90. The summed E-state index contributed by atoms with van der Waals surface area (Å²) in [5.74, 6) is 0.485. The predicted molar refractivity (Wildman–Crippen MR) is 107 cm³/mol. The molecule has 148 valence electrons. The minimum absolute atomic E-state index is 0.00724. The number of morpholine rings is 1. The fourth-order valence-corrected chi connectivity index (χ4v) is 4.77. The van der Waals surface area contributed by atoms with E-state index in [4.69, 9.17) is 9.47 Å². The molecule has 2 aliphatic heterocycles. The number of para-hydroxylation sites is 1. The lowest BCUT2D eigenvalue weighted by molar-refractivity contribution is -0.139. The largest absolute Gasteiger partial charge is 0.496 e. The van der Waals surface area contributed by atoms with E-state index in [1.807, 2.05) is 51.6 Å². The fraction of sp³-hybridized carbons (Fsp3) is 0.429. The van der Waals surface area contributed by atoms with Crippen molar-refractivity contribution in [3.63, 3.8) is 0 Å². The second-order valence-electron chi connectivity index (χ2n) is 7.08. The monoisotopic (exact) mass is 400 g/mol. The second kappa shape index (κ2) is 8.32. The maximum absolute atomic E-state index is 13.3. The molecule has 0 radical (unpaired) electrons. The molecule has 28 heavy (non-hydrogen) atoms. The first-order valence-corrected chi connectivity index (χ1v) is 10.4. The van der Waals surface area contributed by atoms with Crippen molar-refractivity contribution in [1.82, 2.24) is 9.80 Å². The van der Waals surface area contributed by atoms with Crippen LogP contribution in [0.4, 0.5) is 0 Å². The van der Waals surface area contributed by atoms with Crippen LogP contribution in [-0.2, 0) is 9.53 Å². The number of likely N-dealkylation sites (tertiary alicyclic amines) is 1. The van der Waals surface area contributed by atoms with Gasteiger partial charge in [-0.1, -0.05) is 24.3 Å². The van der Waals surface area contributed by atoms with Gasteiger partial charge in [0, 0.05) is 32.1 Å². The van der Waals surface area contributed by atoms with Crippen molar-refractivity contribution in [3.05, 3.63) is 52.2 Å². The van der Waals surface area contributed by atoms with E-state index < -0.39 is 0 Å². The number of methoxy groups -OCH3 is 1. The summed E-state index contributed by atoms with van der Waals surface area (Å²) >= 11 is 1.43. The number of carbonyl (C=O) groups excluding carboxylic acids is 2. The molecule has 2 fully saturated rings. The van der Waals surface area contributed by atoms with Gasteiger partial charge in [0.25, 0.3) is 5.91 Å². The quantitative estimate of drug-likeness (QED) is 0.791. The predicted octanol–water partition coefficient (Wildman–Crippen LogP) is 2.47. The lowest BCUT2D eigenvalue weighted by Crippen LogP contribution is -2.45. The highest BCUT2D eigenvalue weighted by Crippen LogP contribution is 2.39. The Kier molecular flexibility index (Phi) is 5.64. The van der Waals surface area contributed by atoms with E-state index in [0.717, 1.165) is 11.3 Å². The van der Waals surface area contributed by atoms with E-state index in [1.54, 1.807) is 7.11 Å². The molecule has 1 aromatic heterocycles. The fourth-order valence-electron chi connectivity index (χ4n) is 4.08. The van der Waals surface area contributed by atoms with Crippen LogP contribution in [0.5, 0.6) is 5.75 Å².